The summed E-state index contributed by atoms with van der Waals surface area (Å²) in [4.78, 5) is 27.6. The minimum absolute atomic E-state index is 0.0406. The highest BCUT2D eigenvalue weighted by Gasteiger charge is 2.33. The predicted molar refractivity (Wildman–Crippen MR) is 93.7 cm³/mol. The lowest BCUT2D eigenvalue weighted by Crippen LogP contribution is -2.51. The lowest BCUT2D eigenvalue weighted by Gasteiger charge is -2.33. The number of ether oxygens (including phenoxy) is 1. The molecule has 25 heavy (non-hydrogen) atoms. The van der Waals surface area contributed by atoms with Gasteiger partial charge in [0.15, 0.2) is 0 Å². The van der Waals surface area contributed by atoms with Gasteiger partial charge in [-0.2, -0.15) is 0 Å². The fourth-order valence-electron chi connectivity index (χ4n) is 2.22. The molecule has 6 nitrogen and oxygen atoms in total. The third kappa shape index (κ3) is 5.04. The number of carboxylic acids is 1. The summed E-state index contributed by atoms with van der Waals surface area (Å²) >= 11 is 0. The fraction of sp³-hybridized carbons (Fsp3) is 0.316. The van der Waals surface area contributed by atoms with Crippen molar-refractivity contribution in [1.82, 2.24) is 10.3 Å². The number of nitrogens with one attached hydrogen (secondary N) is 1. The van der Waals surface area contributed by atoms with Crippen LogP contribution in [-0.2, 0) is 4.79 Å². The van der Waals surface area contributed by atoms with E-state index in [9.17, 15) is 9.59 Å². The van der Waals surface area contributed by atoms with Gasteiger partial charge in [0.05, 0.1) is 17.5 Å². The van der Waals surface area contributed by atoms with Crippen molar-refractivity contribution in [3.8, 4) is 11.6 Å². The van der Waals surface area contributed by atoms with Crippen LogP contribution in [0.15, 0.2) is 48.7 Å². The van der Waals surface area contributed by atoms with Gasteiger partial charge >= 0.3 is 5.97 Å². The maximum atomic E-state index is 12.4. The summed E-state index contributed by atoms with van der Waals surface area (Å²) in [5, 5.41) is 11.9. The molecule has 0 saturated heterocycles. The predicted octanol–water partition coefficient (Wildman–Crippen LogP) is 3.49. The van der Waals surface area contributed by atoms with Crippen molar-refractivity contribution >= 4 is 11.9 Å². The van der Waals surface area contributed by atoms with Crippen molar-refractivity contribution in [2.45, 2.75) is 32.7 Å². The van der Waals surface area contributed by atoms with Gasteiger partial charge in [-0.05, 0) is 31.0 Å². The molecule has 1 heterocycles. The van der Waals surface area contributed by atoms with E-state index < -0.39 is 11.5 Å². The first kappa shape index (κ1) is 18.4. The molecule has 0 aliphatic heterocycles. The van der Waals surface area contributed by atoms with Crippen LogP contribution in [0.25, 0.3) is 0 Å². The van der Waals surface area contributed by atoms with E-state index >= 15 is 0 Å². The second-order valence-electron chi connectivity index (χ2n) is 6.40. The minimum Gasteiger partial charge on any atom is -0.481 e. The third-order valence-electron chi connectivity index (χ3n) is 4.16. The van der Waals surface area contributed by atoms with Gasteiger partial charge in [-0.3, -0.25) is 9.59 Å². The van der Waals surface area contributed by atoms with Gasteiger partial charge < -0.3 is 15.2 Å². The maximum Gasteiger partial charge on any atom is 0.305 e. The number of carboxylic acid groups (broad SMARTS) is 1. The molecule has 2 aromatic rings. The van der Waals surface area contributed by atoms with Crippen molar-refractivity contribution in [2.75, 3.05) is 0 Å². The number of nitrogens with zero attached hydrogens (tertiary/aromatic N) is 1. The lowest BCUT2D eigenvalue weighted by molar-refractivity contribution is -0.138. The first-order valence-corrected chi connectivity index (χ1v) is 8.03. The lowest BCUT2D eigenvalue weighted by atomic mass is 9.85. The molecule has 0 saturated carbocycles. The van der Waals surface area contributed by atoms with Crippen molar-refractivity contribution < 1.29 is 19.4 Å². The molecule has 0 aliphatic carbocycles. The van der Waals surface area contributed by atoms with E-state index in [1.165, 1.54) is 6.20 Å². The SMILES string of the molecule is CC(C)C(C)(CC(=O)O)NC(=O)c1ccc(Oc2ccccc2)nc1. The Kier molecular flexibility index (Phi) is 5.75. The molecule has 0 aliphatic rings. The average Bonchev–Trinajstić information content (AvgIpc) is 2.55. The van der Waals surface area contributed by atoms with E-state index in [0.717, 1.165) is 0 Å². The first-order chi connectivity index (χ1) is 11.8. The summed E-state index contributed by atoms with van der Waals surface area (Å²) < 4.78 is 5.58. The van der Waals surface area contributed by atoms with Crippen LogP contribution in [0.1, 0.15) is 37.6 Å². The van der Waals surface area contributed by atoms with Crippen LogP contribution in [0.3, 0.4) is 0 Å². The molecule has 132 valence electrons. The highest BCUT2D eigenvalue weighted by molar-refractivity contribution is 5.94. The third-order valence-corrected chi connectivity index (χ3v) is 4.16. The maximum absolute atomic E-state index is 12.4. The summed E-state index contributed by atoms with van der Waals surface area (Å²) in [7, 11) is 0. The van der Waals surface area contributed by atoms with Crippen LogP contribution in [0.2, 0.25) is 0 Å². The summed E-state index contributed by atoms with van der Waals surface area (Å²) in [6, 6.07) is 12.4. The monoisotopic (exact) mass is 342 g/mol. The second-order valence-corrected chi connectivity index (χ2v) is 6.40. The number of rotatable bonds is 7. The summed E-state index contributed by atoms with van der Waals surface area (Å²) in [6.45, 7) is 5.47. The number of aromatic nitrogens is 1. The van der Waals surface area contributed by atoms with Crippen molar-refractivity contribution in [3.63, 3.8) is 0 Å². The van der Waals surface area contributed by atoms with E-state index in [1.807, 2.05) is 44.2 Å². The zero-order valence-electron chi connectivity index (χ0n) is 14.5. The Morgan fingerprint density at radius 3 is 2.40 bits per heavy atom. The fourth-order valence-corrected chi connectivity index (χ4v) is 2.22. The summed E-state index contributed by atoms with van der Waals surface area (Å²) in [5.41, 5.74) is -0.500. The number of benzene rings is 1. The molecule has 6 heteroatoms. The highest BCUT2D eigenvalue weighted by atomic mass is 16.5. The number of hydrogen-bond acceptors (Lipinski definition) is 4. The number of pyridine rings is 1. The van der Waals surface area contributed by atoms with Gasteiger partial charge in [-0.15, -0.1) is 0 Å². The molecule has 2 N–H and O–H groups in total. The Labute approximate surface area is 146 Å². The molecule has 1 aromatic carbocycles. The van der Waals surface area contributed by atoms with Crippen LogP contribution < -0.4 is 10.1 Å². The summed E-state index contributed by atoms with van der Waals surface area (Å²) in [6.07, 6.45) is 1.26. The van der Waals surface area contributed by atoms with Crippen LogP contribution in [0.4, 0.5) is 0 Å². The first-order valence-electron chi connectivity index (χ1n) is 8.03. The van der Waals surface area contributed by atoms with Gasteiger partial charge in [-0.25, -0.2) is 4.98 Å². The molecular formula is C19H22N2O4. The molecule has 1 aromatic heterocycles. The van der Waals surface area contributed by atoms with Gasteiger partial charge in [0, 0.05) is 12.3 Å². The van der Waals surface area contributed by atoms with Crippen LogP contribution in [-0.4, -0.2) is 27.5 Å². The van der Waals surface area contributed by atoms with Gasteiger partial charge in [-0.1, -0.05) is 32.0 Å². The number of hydrogen-bond donors (Lipinski definition) is 2. The number of aliphatic carboxylic acids is 1. The van der Waals surface area contributed by atoms with Crippen molar-refractivity contribution in [2.24, 2.45) is 5.92 Å². The smallest absolute Gasteiger partial charge is 0.305 e. The van der Waals surface area contributed by atoms with E-state index in [2.05, 4.69) is 10.3 Å². The zero-order chi connectivity index (χ0) is 18.4. The Balaban J connectivity index is 2.08. The molecule has 0 fully saturated rings. The number of carbonyl (C=O) groups is 2. The average molecular weight is 342 g/mol. The molecule has 1 amide bonds. The molecule has 1 unspecified atom stereocenters. The van der Waals surface area contributed by atoms with Gasteiger partial charge in [0.25, 0.3) is 5.91 Å². The summed E-state index contributed by atoms with van der Waals surface area (Å²) in [5.74, 6) is -0.334. The Bertz CT molecular complexity index is 729. The highest BCUT2D eigenvalue weighted by Crippen LogP contribution is 2.22. The van der Waals surface area contributed by atoms with Gasteiger partial charge in [0.1, 0.15) is 5.75 Å². The quantitative estimate of drug-likeness (QED) is 0.804. The second kappa shape index (κ2) is 7.79. The standard InChI is InChI=1S/C19H22N2O4/c1-13(2)19(3,11-17(22)23)21-18(24)14-9-10-16(20-12-14)25-15-7-5-4-6-8-15/h4-10,12-13H,11H2,1-3H3,(H,21,24)(H,22,23). The molecule has 0 radical (unpaired) electrons. The Morgan fingerprint density at radius 2 is 1.88 bits per heavy atom. The van der Waals surface area contributed by atoms with Crippen molar-refractivity contribution in [3.05, 3.63) is 54.2 Å². The minimum atomic E-state index is -0.957. The van der Waals surface area contributed by atoms with E-state index in [-0.39, 0.29) is 18.2 Å². The zero-order valence-corrected chi connectivity index (χ0v) is 14.5. The molecule has 0 spiro atoms. The van der Waals surface area contributed by atoms with Crippen molar-refractivity contribution in [1.29, 1.82) is 0 Å². The molecule has 0 bridgehead atoms. The Morgan fingerprint density at radius 1 is 1.20 bits per heavy atom. The van der Waals surface area contributed by atoms with Crippen LogP contribution in [0, 0.1) is 5.92 Å². The van der Waals surface area contributed by atoms with Crippen LogP contribution >= 0.6 is 0 Å². The number of amides is 1. The number of carbonyl (C=O) groups excluding carboxylic acids is 1. The van der Waals surface area contributed by atoms with E-state index in [4.69, 9.17) is 9.84 Å². The largest absolute Gasteiger partial charge is 0.481 e. The van der Waals surface area contributed by atoms with Gasteiger partial charge in [0.2, 0.25) is 5.88 Å². The molecule has 1 atom stereocenters. The molecular weight excluding hydrogens is 320 g/mol. The van der Waals surface area contributed by atoms with Crippen LogP contribution in [0.5, 0.6) is 11.6 Å². The topological polar surface area (TPSA) is 88.5 Å². The molecule has 2 rings (SSSR count). The van der Waals surface area contributed by atoms with E-state index in [1.54, 1.807) is 19.1 Å². The normalized spacial score (nSPS) is 13.1. The Hall–Kier alpha value is -2.89. The number of para-hydroxylation sites is 1. The van der Waals surface area contributed by atoms with E-state index in [0.29, 0.717) is 17.2 Å².